The topological polar surface area (TPSA) is 12.4 Å². The second-order valence-electron chi connectivity index (χ2n) is 2.54. The van der Waals surface area contributed by atoms with Gasteiger partial charge in [0.1, 0.15) is 0 Å². The Labute approximate surface area is 80.8 Å². The molecule has 0 atom stereocenters. The van der Waals surface area contributed by atoms with Gasteiger partial charge in [0.15, 0.2) is 0 Å². The predicted octanol–water partition coefficient (Wildman–Crippen LogP) is 2.86. The molecule has 3 heteroatoms. The second-order valence-corrected chi connectivity index (χ2v) is 4.08. The first-order valence-corrected chi connectivity index (χ1v) is 5.15. The molecule has 1 heterocycles. The van der Waals surface area contributed by atoms with E-state index in [2.05, 4.69) is 11.1 Å². The zero-order valence-corrected chi connectivity index (χ0v) is 8.03. The standard InChI is InChI=1S/C9H8ClNS/c10-8-2-1-3-9-7(8)6-11-4-5-12-9/h1-3,6H,4-5H2. The molecular weight excluding hydrogens is 190 g/mol. The summed E-state index contributed by atoms with van der Waals surface area (Å²) in [6.45, 7) is 0.885. The van der Waals surface area contributed by atoms with Gasteiger partial charge in [0.05, 0.1) is 5.02 Å². The van der Waals surface area contributed by atoms with Crippen molar-refractivity contribution in [2.75, 3.05) is 12.3 Å². The number of benzene rings is 1. The number of hydrogen-bond donors (Lipinski definition) is 0. The van der Waals surface area contributed by atoms with Crippen LogP contribution in [-0.4, -0.2) is 18.5 Å². The second kappa shape index (κ2) is 3.50. The van der Waals surface area contributed by atoms with Crippen LogP contribution in [0.1, 0.15) is 5.56 Å². The summed E-state index contributed by atoms with van der Waals surface area (Å²) in [6.07, 6.45) is 1.87. The van der Waals surface area contributed by atoms with E-state index in [-0.39, 0.29) is 0 Å². The molecule has 0 radical (unpaired) electrons. The van der Waals surface area contributed by atoms with E-state index in [0.29, 0.717) is 0 Å². The van der Waals surface area contributed by atoms with Crippen molar-refractivity contribution in [2.24, 2.45) is 4.99 Å². The van der Waals surface area contributed by atoms with E-state index < -0.39 is 0 Å². The minimum atomic E-state index is 0.797. The number of fused-ring (bicyclic) bond motifs is 1. The fourth-order valence-corrected chi connectivity index (χ4v) is 2.32. The lowest BCUT2D eigenvalue weighted by atomic mass is 10.2. The molecule has 0 aliphatic carbocycles. The number of halogens is 1. The highest BCUT2D eigenvalue weighted by atomic mass is 35.5. The highest BCUT2D eigenvalue weighted by Crippen LogP contribution is 2.28. The van der Waals surface area contributed by atoms with Crippen molar-refractivity contribution >= 4 is 29.6 Å². The lowest BCUT2D eigenvalue weighted by Crippen LogP contribution is -1.84. The summed E-state index contributed by atoms with van der Waals surface area (Å²) in [6, 6.07) is 5.97. The van der Waals surface area contributed by atoms with E-state index in [1.54, 1.807) is 0 Å². The van der Waals surface area contributed by atoms with E-state index in [0.717, 1.165) is 22.9 Å². The number of aliphatic imine (C=N–C) groups is 1. The third-order valence-corrected chi connectivity index (χ3v) is 3.09. The predicted molar refractivity (Wildman–Crippen MR) is 54.6 cm³/mol. The van der Waals surface area contributed by atoms with Crippen LogP contribution in [0.3, 0.4) is 0 Å². The molecule has 62 valence electrons. The van der Waals surface area contributed by atoms with E-state index in [1.807, 2.05) is 30.1 Å². The quantitative estimate of drug-likeness (QED) is 0.623. The summed E-state index contributed by atoms with van der Waals surface area (Å²) < 4.78 is 0. The smallest absolute Gasteiger partial charge is 0.0504 e. The highest BCUT2D eigenvalue weighted by Gasteiger charge is 2.06. The molecule has 0 unspecified atom stereocenters. The molecule has 2 rings (SSSR count). The molecule has 1 aliphatic rings. The molecule has 0 bridgehead atoms. The molecule has 1 nitrogen and oxygen atoms in total. The van der Waals surface area contributed by atoms with Crippen molar-refractivity contribution < 1.29 is 0 Å². The zero-order valence-electron chi connectivity index (χ0n) is 6.46. The fraction of sp³-hybridized carbons (Fsp3) is 0.222. The van der Waals surface area contributed by atoms with Crippen molar-refractivity contribution in [2.45, 2.75) is 4.90 Å². The maximum atomic E-state index is 6.01. The summed E-state index contributed by atoms with van der Waals surface area (Å²) in [5.74, 6) is 1.05. The first kappa shape index (κ1) is 8.14. The van der Waals surface area contributed by atoms with E-state index in [9.17, 15) is 0 Å². The lowest BCUT2D eigenvalue weighted by Gasteiger charge is -2.02. The van der Waals surface area contributed by atoms with Crippen molar-refractivity contribution in [3.63, 3.8) is 0 Å². The van der Waals surface area contributed by atoms with Gasteiger partial charge in [-0.2, -0.15) is 0 Å². The van der Waals surface area contributed by atoms with Crippen molar-refractivity contribution in [3.05, 3.63) is 28.8 Å². The van der Waals surface area contributed by atoms with Crippen LogP contribution in [0.2, 0.25) is 5.02 Å². The molecule has 0 amide bonds. The minimum absolute atomic E-state index is 0.797. The Bertz CT molecular complexity index is 322. The third kappa shape index (κ3) is 1.50. The van der Waals surface area contributed by atoms with E-state index in [4.69, 9.17) is 11.6 Å². The number of nitrogens with zero attached hydrogens (tertiary/aromatic N) is 1. The summed E-state index contributed by atoms with van der Waals surface area (Å²) >= 11 is 7.82. The molecule has 12 heavy (non-hydrogen) atoms. The summed E-state index contributed by atoms with van der Waals surface area (Å²) in [5, 5.41) is 0.797. The largest absolute Gasteiger partial charge is 0.292 e. The van der Waals surface area contributed by atoms with Gasteiger partial charge < -0.3 is 0 Å². The van der Waals surface area contributed by atoms with Crippen LogP contribution >= 0.6 is 23.4 Å². The van der Waals surface area contributed by atoms with Crippen molar-refractivity contribution in [1.29, 1.82) is 0 Å². The highest BCUT2D eigenvalue weighted by molar-refractivity contribution is 7.99. The fourth-order valence-electron chi connectivity index (χ4n) is 1.13. The third-order valence-electron chi connectivity index (χ3n) is 1.71. The molecule has 0 aromatic heterocycles. The molecular formula is C9H8ClNS. The Hall–Kier alpha value is -0.470. The van der Waals surface area contributed by atoms with Gasteiger partial charge in [0.25, 0.3) is 0 Å². The van der Waals surface area contributed by atoms with Crippen molar-refractivity contribution in [1.82, 2.24) is 0 Å². The van der Waals surface area contributed by atoms with Crippen LogP contribution in [0.15, 0.2) is 28.1 Å². The molecule has 0 spiro atoms. The normalized spacial score (nSPS) is 15.4. The Morgan fingerprint density at radius 2 is 2.33 bits per heavy atom. The van der Waals surface area contributed by atoms with Gasteiger partial charge in [-0.15, -0.1) is 11.8 Å². The van der Waals surface area contributed by atoms with Crippen LogP contribution in [0.25, 0.3) is 0 Å². The Balaban J connectivity index is 2.53. The minimum Gasteiger partial charge on any atom is -0.292 e. The van der Waals surface area contributed by atoms with Crippen LogP contribution in [0, 0.1) is 0 Å². The van der Waals surface area contributed by atoms with Crippen LogP contribution in [-0.2, 0) is 0 Å². The first-order chi connectivity index (χ1) is 5.88. The van der Waals surface area contributed by atoms with E-state index in [1.165, 1.54) is 4.90 Å². The molecule has 1 aromatic rings. The SMILES string of the molecule is Clc1cccc2c1C=NCCS2. The van der Waals surface area contributed by atoms with Crippen LogP contribution in [0.4, 0.5) is 0 Å². The number of thioether (sulfide) groups is 1. The van der Waals surface area contributed by atoms with Crippen LogP contribution < -0.4 is 0 Å². The van der Waals surface area contributed by atoms with Gasteiger partial charge in [-0.1, -0.05) is 17.7 Å². The Morgan fingerprint density at radius 1 is 1.42 bits per heavy atom. The summed E-state index contributed by atoms with van der Waals surface area (Å²) in [5.41, 5.74) is 1.07. The molecule has 0 N–H and O–H groups in total. The summed E-state index contributed by atoms with van der Waals surface area (Å²) in [7, 11) is 0. The monoisotopic (exact) mass is 197 g/mol. The molecule has 0 saturated heterocycles. The zero-order chi connectivity index (χ0) is 8.39. The maximum absolute atomic E-state index is 6.01. The van der Waals surface area contributed by atoms with Gasteiger partial charge in [-0.3, -0.25) is 4.99 Å². The maximum Gasteiger partial charge on any atom is 0.0504 e. The van der Waals surface area contributed by atoms with Gasteiger partial charge >= 0.3 is 0 Å². The number of hydrogen-bond acceptors (Lipinski definition) is 2. The van der Waals surface area contributed by atoms with Gasteiger partial charge in [-0.25, -0.2) is 0 Å². The molecule has 0 saturated carbocycles. The Kier molecular flexibility index (Phi) is 2.38. The molecule has 1 aliphatic heterocycles. The summed E-state index contributed by atoms with van der Waals surface area (Å²) in [4.78, 5) is 5.48. The van der Waals surface area contributed by atoms with E-state index >= 15 is 0 Å². The van der Waals surface area contributed by atoms with Gasteiger partial charge in [0.2, 0.25) is 0 Å². The van der Waals surface area contributed by atoms with Gasteiger partial charge in [-0.05, 0) is 12.1 Å². The average molecular weight is 198 g/mol. The molecule has 0 fully saturated rings. The van der Waals surface area contributed by atoms with Crippen molar-refractivity contribution in [3.8, 4) is 0 Å². The molecule has 1 aromatic carbocycles. The first-order valence-electron chi connectivity index (χ1n) is 3.79. The number of rotatable bonds is 0. The lowest BCUT2D eigenvalue weighted by molar-refractivity contribution is 1.16. The Morgan fingerprint density at radius 3 is 3.25 bits per heavy atom. The van der Waals surface area contributed by atoms with Gasteiger partial charge in [0, 0.05) is 29.0 Å². The van der Waals surface area contributed by atoms with Crippen LogP contribution in [0.5, 0.6) is 0 Å². The average Bonchev–Trinajstić information content (AvgIpc) is 2.30.